The predicted molar refractivity (Wildman–Crippen MR) is 58.8 cm³/mol. The molecule has 0 aromatic carbocycles. The second kappa shape index (κ2) is 5.91. The van der Waals surface area contributed by atoms with E-state index in [1.807, 2.05) is 0 Å². The molecule has 0 amide bonds. The molecule has 2 unspecified atom stereocenters. The first kappa shape index (κ1) is 15.3. The van der Waals surface area contributed by atoms with Crippen LogP contribution in [0, 0.1) is 5.92 Å². The summed E-state index contributed by atoms with van der Waals surface area (Å²) in [6.45, 7) is 1.90. The summed E-state index contributed by atoms with van der Waals surface area (Å²) in [5, 5.41) is 10.1. The first-order chi connectivity index (χ1) is 8.27. The number of rotatable bonds is 4. The van der Waals surface area contributed by atoms with Gasteiger partial charge in [-0.25, -0.2) is 0 Å². The van der Waals surface area contributed by atoms with Gasteiger partial charge >= 0.3 is 12.1 Å². The maximum atomic E-state index is 12.6. The Morgan fingerprint density at radius 2 is 2.17 bits per heavy atom. The third-order valence-corrected chi connectivity index (χ3v) is 3.38. The van der Waals surface area contributed by atoms with E-state index in [1.54, 1.807) is 6.92 Å². The molecule has 0 aliphatic heterocycles. The molecule has 1 saturated carbocycles. The lowest BCUT2D eigenvalue weighted by atomic mass is 9.75. The summed E-state index contributed by atoms with van der Waals surface area (Å²) < 4.78 is 42.5. The maximum Gasteiger partial charge on any atom is 0.391 e. The molecule has 18 heavy (non-hydrogen) atoms. The summed E-state index contributed by atoms with van der Waals surface area (Å²) in [6, 6.07) is 0. The molecule has 2 atom stereocenters. The number of alkyl halides is 3. The van der Waals surface area contributed by atoms with E-state index in [-0.39, 0.29) is 32.3 Å². The molecule has 0 bridgehead atoms. The molecule has 0 radical (unpaired) electrons. The van der Waals surface area contributed by atoms with E-state index < -0.39 is 23.7 Å². The van der Waals surface area contributed by atoms with Crippen molar-refractivity contribution in [3.8, 4) is 0 Å². The summed E-state index contributed by atoms with van der Waals surface area (Å²) >= 11 is 0. The van der Waals surface area contributed by atoms with Gasteiger partial charge < -0.3 is 9.84 Å². The van der Waals surface area contributed by atoms with Gasteiger partial charge in [-0.15, -0.1) is 0 Å². The van der Waals surface area contributed by atoms with Gasteiger partial charge in [0.1, 0.15) is 0 Å². The van der Waals surface area contributed by atoms with Crippen molar-refractivity contribution in [2.24, 2.45) is 5.92 Å². The number of carbonyl (C=O) groups excluding carboxylic acids is 1. The molecule has 0 aromatic heterocycles. The summed E-state index contributed by atoms with van der Waals surface area (Å²) in [7, 11) is 0. The number of esters is 1. The zero-order valence-electron chi connectivity index (χ0n) is 10.4. The van der Waals surface area contributed by atoms with Crippen LogP contribution in [0.3, 0.4) is 0 Å². The highest BCUT2D eigenvalue weighted by molar-refractivity contribution is 5.69. The van der Waals surface area contributed by atoms with Crippen LogP contribution in [0.15, 0.2) is 0 Å². The van der Waals surface area contributed by atoms with Crippen LogP contribution < -0.4 is 0 Å². The van der Waals surface area contributed by atoms with Crippen LogP contribution in [0.2, 0.25) is 0 Å². The Kier molecular flexibility index (Phi) is 5.01. The third kappa shape index (κ3) is 4.48. The smallest absolute Gasteiger partial charge is 0.391 e. The molecule has 1 aliphatic carbocycles. The van der Waals surface area contributed by atoms with E-state index in [4.69, 9.17) is 4.74 Å². The molecule has 1 fully saturated rings. The molecular formula is C12H19F3O3. The Morgan fingerprint density at radius 1 is 1.50 bits per heavy atom. The van der Waals surface area contributed by atoms with E-state index >= 15 is 0 Å². The van der Waals surface area contributed by atoms with Crippen LogP contribution >= 0.6 is 0 Å². The first-order valence-corrected chi connectivity index (χ1v) is 6.21. The quantitative estimate of drug-likeness (QED) is 0.797. The minimum atomic E-state index is -4.27. The van der Waals surface area contributed by atoms with E-state index in [0.717, 1.165) is 0 Å². The van der Waals surface area contributed by atoms with Crippen LogP contribution in [0.1, 0.15) is 45.4 Å². The molecule has 106 valence electrons. The summed E-state index contributed by atoms with van der Waals surface area (Å²) in [5.41, 5.74) is -1.38. The molecule has 0 heterocycles. The minimum absolute atomic E-state index is 0.0328. The number of carbonyl (C=O) groups is 1. The Labute approximate surface area is 104 Å². The van der Waals surface area contributed by atoms with E-state index in [0.29, 0.717) is 12.8 Å². The van der Waals surface area contributed by atoms with Gasteiger partial charge in [0.15, 0.2) is 0 Å². The van der Waals surface area contributed by atoms with Crippen molar-refractivity contribution in [2.75, 3.05) is 6.61 Å². The highest BCUT2D eigenvalue weighted by Gasteiger charge is 2.46. The Balaban J connectivity index is 2.50. The van der Waals surface area contributed by atoms with Gasteiger partial charge in [0.05, 0.1) is 18.1 Å². The lowest BCUT2D eigenvalue weighted by Crippen LogP contribution is -2.40. The number of ether oxygens (including phenoxy) is 1. The number of halogens is 3. The molecule has 0 saturated heterocycles. The van der Waals surface area contributed by atoms with Crippen molar-refractivity contribution in [1.82, 2.24) is 0 Å². The lowest BCUT2D eigenvalue weighted by molar-refractivity contribution is -0.201. The number of hydrogen-bond donors (Lipinski definition) is 1. The second-order valence-electron chi connectivity index (χ2n) is 4.86. The van der Waals surface area contributed by atoms with Crippen LogP contribution in [-0.2, 0) is 9.53 Å². The SMILES string of the molecule is CCOC(=O)CCC1(O)CCCC(C(F)(F)F)C1. The molecule has 1 aliphatic rings. The standard InChI is InChI=1S/C12H19F3O3/c1-2-18-10(16)5-7-11(17)6-3-4-9(8-11)12(13,14)15/h9,17H,2-8H2,1H3. The minimum Gasteiger partial charge on any atom is -0.466 e. The first-order valence-electron chi connectivity index (χ1n) is 6.21. The lowest BCUT2D eigenvalue weighted by Gasteiger charge is -2.37. The van der Waals surface area contributed by atoms with Crippen LogP contribution in [0.4, 0.5) is 13.2 Å². The molecule has 3 nitrogen and oxygen atoms in total. The predicted octanol–water partition coefficient (Wildman–Crippen LogP) is 2.81. The molecule has 6 heteroatoms. The molecule has 0 spiro atoms. The highest BCUT2D eigenvalue weighted by atomic mass is 19.4. The molecule has 1 rings (SSSR count). The zero-order chi connectivity index (χ0) is 13.8. The van der Waals surface area contributed by atoms with E-state index in [2.05, 4.69) is 0 Å². The Hall–Kier alpha value is -0.780. The van der Waals surface area contributed by atoms with Gasteiger partial charge in [-0.2, -0.15) is 13.2 Å². The van der Waals surface area contributed by atoms with Crippen LogP contribution in [-0.4, -0.2) is 29.5 Å². The van der Waals surface area contributed by atoms with Crippen LogP contribution in [0.5, 0.6) is 0 Å². The summed E-state index contributed by atoms with van der Waals surface area (Å²) in [5.74, 6) is -1.93. The normalized spacial score (nSPS) is 29.1. The molecular weight excluding hydrogens is 249 g/mol. The largest absolute Gasteiger partial charge is 0.466 e. The average Bonchev–Trinajstić information content (AvgIpc) is 2.26. The maximum absolute atomic E-state index is 12.6. The molecule has 1 N–H and O–H groups in total. The van der Waals surface area contributed by atoms with E-state index in [9.17, 15) is 23.1 Å². The fraction of sp³-hybridized carbons (Fsp3) is 0.917. The second-order valence-corrected chi connectivity index (χ2v) is 4.86. The topological polar surface area (TPSA) is 46.5 Å². The van der Waals surface area contributed by atoms with E-state index in [1.165, 1.54) is 0 Å². The molecule has 0 aromatic rings. The van der Waals surface area contributed by atoms with Gasteiger partial charge in [0, 0.05) is 6.42 Å². The fourth-order valence-corrected chi connectivity index (χ4v) is 2.41. The number of hydrogen-bond acceptors (Lipinski definition) is 3. The van der Waals surface area contributed by atoms with Gasteiger partial charge in [0.2, 0.25) is 0 Å². The average molecular weight is 268 g/mol. The van der Waals surface area contributed by atoms with Gasteiger partial charge in [-0.1, -0.05) is 0 Å². The van der Waals surface area contributed by atoms with Gasteiger partial charge in [-0.3, -0.25) is 4.79 Å². The fourth-order valence-electron chi connectivity index (χ4n) is 2.41. The third-order valence-electron chi connectivity index (χ3n) is 3.38. The number of aliphatic hydroxyl groups is 1. The van der Waals surface area contributed by atoms with Gasteiger partial charge in [-0.05, 0) is 39.0 Å². The van der Waals surface area contributed by atoms with Crippen LogP contribution in [0.25, 0.3) is 0 Å². The van der Waals surface area contributed by atoms with Gasteiger partial charge in [0.25, 0.3) is 0 Å². The van der Waals surface area contributed by atoms with Crippen molar-refractivity contribution in [3.05, 3.63) is 0 Å². The Bertz CT molecular complexity index is 291. The van der Waals surface area contributed by atoms with Crippen molar-refractivity contribution in [3.63, 3.8) is 0 Å². The Morgan fingerprint density at radius 3 is 2.72 bits per heavy atom. The van der Waals surface area contributed by atoms with Crippen molar-refractivity contribution < 1.29 is 27.8 Å². The monoisotopic (exact) mass is 268 g/mol. The summed E-state index contributed by atoms with van der Waals surface area (Å²) in [4.78, 5) is 11.2. The summed E-state index contributed by atoms with van der Waals surface area (Å²) in [6.07, 6.45) is -3.85. The van der Waals surface area contributed by atoms with Crippen molar-refractivity contribution in [1.29, 1.82) is 0 Å². The highest BCUT2D eigenvalue weighted by Crippen LogP contribution is 2.43. The van der Waals surface area contributed by atoms with Crippen molar-refractivity contribution >= 4 is 5.97 Å². The zero-order valence-corrected chi connectivity index (χ0v) is 10.4. The van der Waals surface area contributed by atoms with Crippen molar-refractivity contribution in [2.45, 2.75) is 57.2 Å².